The third-order valence-corrected chi connectivity index (χ3v) is 14.3. The fourth-order valence-corrected chi connectivity index (χ4v) is 11.7. The van der Waals surface area contributed by atoms with Gasteiger partial charge in [-0.3, -0.25) is 4.79 Å². The van der Waals surface area contributed by atoms with Crippen molar-refractivity contribution in [2.75, 3.05) is 13.1 Å². The first-order chi connectivity index (χ1) is 21.3. The second kappa shape index (κ2) is 12.6. The highest BCUT2D eigenvalue weighted by molar-refractivity contribution is 7.00. The smallest absolute Gasteiger partial charge is 0.490 e. The fourth-order valence-electron chi connectivity index (χ4n) is 7.26. The Morgan fingerprint density at radius 3 is 2.07 bits per heavy atom. The number of halogens is 3. The average Bonchev–Trinajstić information content (AvgIpc) is 3.62. The van der Waals surface area contributed by atoms with Crippen LogP contribution in [0.3, 0.4) is 0 Å². The summed E-state index contributed by atoms with van der Waals surface area (Å²) < 4.78 is 39.1. The molecule has 2 atom stereocenters. The topological polar surface area (TPSA) is 78.9 Å². The number of benzene rings is 3. The summed E-state index contributed by atoms with van der Waals surface area (Å²) in [5, 5.41) is 13.1. The van der Waals surface area contributed by atoms with Crippen LogP contribution in [0.4, 0.5) is 13.2 Å². The number of carbonyl (C=O) groups excluding carboxylic acids is 1. The molecule has 1 aliphatic carbocycles. The maximum atomic E-state index is 13.7. The summed E-state index contributed by atoms with van der Waals surface area (Å²) in [6.45, 7) is 8.75. The summed E-state index contributed by atoms with van der Waals surface area (Å²) in [6, 6.07) is 28.5. The zero-order valence-electron chi connectivity index (χ0n) is 26.0. The zero-order chi connectivity index (χ0) is 32.5. The van der Waals surface area contributed by atoms with Crippen molar-refractivity contribution in [2.45, 2.75) is 82.1 Å². The molecule has 240 valence electrons. The molecule has 2 heterocycles. The second-order valence-corrected chi connectivity index (χ2v) is 17.4. The van der Waals surface area contributed by atoms with Gasteiger partial charge >= 0.3 is 20.5 Å². The molecule has 3 aromatic carbocycles. The molecule has 0 saturated carbocycles. The third kappa shape index (κ3) is 6.40. The molecule has 10 heteroatoms. The van der Waals surface area contributed by atoms with Crippen molar-refractivity contribution in [1.82, 2.24) is 10.2 Å². The highest BCUT2D eigenvalue weighted by Gasteiger charge is 2.53. The standard InChI is InChI=1S/C33H40N2O2Si.C2HF3O2/c1-32(2,3)38(27-13-6-4-7-14-27,28-15-8-5-9-16-28)37-26-19-18-25-12-10-17-30(29(25)24-26)35-23-21-33(31(35)36)20-11-22-34-33;3-2(4,5)1(6)7/h4-9,13-16,18-19,24,30,34H,10-12,17,20-23H2,1-3H3;(H,6,7)/t30-,33-;/m1./s1. The number of hydrogen-bond donors (Lipinski definition) is 2. The van der Waals surface area contributed by atoms with E-state index in [1.807, 2.05) is 0 Å². The number of carboxylic acids is 1. The van der Waals surface area contributed by atoms with E-state index in [1.165, 1.54) is 21.5 Å². The summed E-state index contributed by atoms with van der Waals surface area (Å²) >= 11 is 0. The molecular weight excluding hydrogens is 597 g/mol. The molecule has 2 aliphatic heterocycles. The summed E-state index contributed by atoms with van der Waals surface area (Å²) in [5.41, 5.74) is 2.33. The Balaban J connectivity index is 0.000000515. The van der Waals surface area contributed by atoms with Crippen molar-refractivity contribution < 1.29 is 32.3 Å². The van der Waals surface area contributed by atoms with Crippen LogP contribution >= 0.6 is 0 Å². The van der Waals surface area contributed by atoms with Gasteiger partial charge in [-0.15, -0.1) is 0 Å². The van der Waals surface area contributed by atoms with Crippen molar-refractivity contribution in [2.24, 2.45) is 0 Å². The van der Waals surface area contributed by atoms with E-state index in [9.17, 15) is 18.0 Å². The minimum absolute atomic E-state index is 0.101. The van der Waals surface area contributed by atoms with Crippen molar-refractivity contribution >= 4 is 30.6 Å². The SMILES string of the molecule is CC(C)(C)[Si](Oc1ccc2c(c1)[C@H](N1CC[C@]3(CCCN3)C1=O)CCC2)(c1ccccc1)c1ccccc1.O=C(O)C(F)(F)F. The zero-order valence-corrected chi connectivity index (χ0v) is 27.0. The van der Waals surface area contributed by atoms with Gasteiger partial charge < -0.3 is 19.7 Å². The number of likely N-dealkylation sites (tertiary alicyclic amines) is 1. The van der Waals surface area contributed by atoms with E-state index in [0.29, 0.717) is 5.91 Å². The van der Waals surface area contributed by atoms with Crippen LogP contribution in [0.5, 0.6) is 5.75 Å². The lowest BCUT2D eigenvalue weighted by Crippen LogP contribution is -2.68. The first kappa shape index (κ1) is 32.8. The van der Waals surface area contributed by atoms with Crippen LogP contribution in [0, 0.1) is 0 Å². The quantitative estimate of drug-likeness (QED) is 0.336. The Labute approximate surface area is 263 Å². The summed E-state index contributed by atoms with van der Waals surface area (Å²) in [4.78, 5) is 24.8. The van der Waals surface area contributed by atoms with Crippen LogP contribution in [0.1, 0.15) is 70.0 Å². The summed E-state index contributed by atoms with van der Waals surface area (Å²) in [7, 11) is -2.72. The van der Waals surface area contributed by atoms with Gasteiger partial charge in [-0.25, -0.2) is 4.79 Å². The van der Waals surface area contributed by atoms with Crippen LogP contribution in [0.15, 0.2) is 78.9 Å². The Kier molecular flexibility index (Phi) is 9.20. The third-order valence-electron chi connectivity index (χ3n) is 9.40. The highest BCUT2D eigenvalue weighted by Crippen LogP contribution is 2.43. The van der Waals surface area contributed by atoms with E-state index in [4.69, 9.17) is 14.3 Å². The van der Waals surface area contributed by atoms with Gasteiger partial charge in [0.1, 0.15) is 5.75 Å². The maximum Gasteiger partial charge on any atom is 0.490 e. The number of fused-ring (bicyclic) bond motifs is 1. The van der Waals surface area contributed by atoms with Crippen molar-refractivity contribution in [3.05, 3.63) is 90.0 Å². The predicted molar refractivity (Wildman–Crippen MR) is 170 cm³/mol. The Bertz CT molecular complexity index is 1460. The number of hydrogen-bond acceptors (Lipinski definition) is 4. The molecule has 1 amide bonds. The van der Waals surface area contributed by atoms with E-state index in [2.05, 4.69) is 110 Å². The molecule has 0 radical (unpaired) electrons. The van der Waals surface area contributed by atoms with E-state index in [1.54, 1.807) is 0 Å². The van der Waals surface area contributed by atoms with Crippen molar-refractivity contribution in [3.63, 3.8) is 0 Å². The Hall–Kier alpha value is -3.63. The molecule has 0 bridgehead atoms. The van der Waals surface area contributed by atoms with E-state index in [0.717, 1.165) is 57.4 Å². The van der Waals surface area contributed by atoms with Gasteiger partial charge in [-0.05, 0) is 83.7 Å². The molecule has 2 fully saturated rings. The molecule has 6 nitrogen and oxygen atoms in total. The molecule has 3 aliphatic rings. The van der Waals surface area contributed by atoms with Gasteiger partial charge in [0.05, 0.1) is 11.6 Å². The number of carbonyl (C=O) groups is 2. The lowest BCUT2D eigenvalue weighted by molar-refractivity contribution is -0.192. The van der Waals surface area contributed by atoms with Gasteiger partial charge in [-0.1, -0.05) is 87.5 Å². The number of aryl methyl sites for hydroxylation is 1. The van der Waals surface area contributed by atoms with Crippen LogP contribution in [-0.2, 0) is 16.0 Å². The van der Waals surface area contributed by atoms with Crippen LogP contribution in [0.2, 0.25) is 5.04 Å². The molecule has 6 rings (SSSR count). The number of rotatable bonds is 5. The Morgan fingerprint density at radius 1 is 0.956 bits per heavy atom. The fraction of sp³-hybridized carbons (Fsp3) is 0.429. The Morgan fingerprint density at radius 2 is 1.56 bits per heavy atom. The van der Waals surface area contributed by atoms with Gasteiger partial charge in [0, 0.05) is 6.54 Å². The molecule has 2 saturated heterocycles. The molecule has 2 N–H and O–H groups in total. The number of carboxylic acid groups (broad SMARTS) is 1. The molecule has 45 heavy (non-hydrogen) atoms. The monoisotopic (exact) mass is 638 g/mol. The van der Waals surface area contributed by atoms with Gasteiger partial charge in [-0.2, -0.15) is 13.2 Å². The number of nitrogens with one attached hydrogen (secondary N) is 1. The molecule has 3 aromatic rings. The van der Waals surface area contributed by atoms with Gasteiger partial charge in [0.15, 0.2) is 0 Å². The van der Waals surface area contributed by atoms with Gasteiger partial charge in [0.2, 0.25) is 5.91 Å². The van der Waals surface area contributed by atoms with Gasteiger partial charge in [0.25, 0.3) is 0 Å². The minimum Gasteiger partial charge on any atom is -0.534 e. The largest absolute Gasteiger partial charge is 0.534 e. The first-order valence-corrected chi connectivity index (χ1v) is 17.5. The summed E-state index contributed by atoms with van der Waals surface area (Å²) in [6.07, 6.45) is 1.12. The van der Waals surface area contributed by atoms with Crippen molar-refractivity contribution in [3.8, 4) is 5.75 Å². The van der Waals surface area contributed by atoms with Crippen LogP contribution in [-0.4, -0.2) is 55.0 Å². The van der Waals surface area contributed by atoms with Crippen molar-refractivity contribution in [1.29, 1.82) is 0 Å². The lowest BCUT2D eigenvalue weighted by Gasteiger charge is -2.43. The van der Waals surface area contributed by atoms with Crippen LogP contribution < -0.4 is 20.1 Å². The molecule has 0 unspecified atom stereocenters. The van der Waals surface area contributed by atoms with Crippen LogP contribution in [0.25, 0.3) is 0 Å². The minimum atomic E-state index is -5.08. The number of aliphatic carboxylic acids is 1. The molecular formula is C35H41F3N2O4Si. The lowest BCUT2D eigenvalue weighted by atomic mass is 9.86. The maximum absolute atomic E-state index is 13.7. The average molecular weight is 639 g/mol. The molecule has 0 aromatic heterocycles. The molecule has 1 spiro atoms. The predicted octanol–water partition coefficient (Wildman–Crippen LogP) is 5.99. The highest BCUT2D eigenvalue weighted by atomic mass is 28.4. The van der Waals surface area contributed by atoms with E-state index < -0.39 is 20.5 Å². The normalized spacial score (nSPS) is 21.7. The summed E-state index contributed by atoms with van der Waals surface area (Å²) in [5.74, 6) is -1.52. The second-order valence-electron chi connectivity index (χ2n) is 13.2. The first-order valence-electron chi connectivity index (χ1n) is 15.6. The number of alkyl halides is 3. The van der Waals surface area contributed by atoms with E-state index in [-0.39, 0.29) is 16.6 Å². The number of nitrogens with zero attached hydrogens (tertiary/aromatic N) is 1. The number of amides is 1. The van der Waals surface area contributed by atoms with E-state index >= 15 is 0 Å².